The first kappa shape index (κ1) is 17.7. The van der Waals surface area contributed by atoms with Gasteiger partial charge in [-0.15, -0.1) is 0 Å². The lowest BCUT2D eigenvalue weighted by molar-refractivity contribution is -0.123. The fourth-order valence-corrected chi connectivity index (χ4v) is 2.15. The molecule has 0 aromatic heterocycles. The summed E-state index contributed by atoms with van der Waals surface area (Å²) in [5.41, 5.74) is 1.20. The largest absolute Gasteiger partial charge is 0.449 e. The minimum Gasteiger partial charge on any atom is -0.449 e. The predicted molar refractivity (Wildman–Crippen MR) is 91.4 cm³/mol. The van der Waals surface area contributed by atoms with Gasteiger partial charge in [-0.2, -0.15) is 0 Å². The van der Waals surface area contributed by atoms with E-state index in [1.165, 1.54) is 19.9 Å². The first-order valence-corrected chi connectivity index (χ1v) is 7.63. The third-order valence-corrected chi connectivity index (χ3v) is 3.49. The Hall–Kier alpha value is -2.66. The molecular weight excluding hydrogens is 330 g/mol. The van der Waals surface area contributed by atoms with Crippen molar-refractivity contribution in [2.45, 2.75) is 20.0 Å². The quantitative estimate of drug-likeness (QED) is 0.662. The van der Waals surface area contributed by atoms with E-state index in [1.807, 2.05) is 0 Å². The van der Waals surface area contributed by atoms with Crippen LogP contribution >= 0.6 is 11.6 Å². The van der Waals surface area contributed by atoms with E-state index in [1.54, 1.807) is 42.5 Å². The van der Waals surface area contributed by atoms with Gasteiger partial charge < -0.3 is 10.1 Å². The molecule has 0 unspecified atom stereocenters. The molecule has 2 aromatic rings. The maximum absolute atomic E-state index is 12.1. The normalized spacial score (nSPS) is 11.5. The summed E-state index contributed by atoms with van der Waals surface area (Å²) in [5.74, 6) is -1.24. The number of carbonyl (C=O) groups excluding carboxylic acids is 3. The molecule has 0 aliphatic rings. The zero-order chi connectivity index (χ0) is 17.7. The summed E-state index contributed by atoms with van der Waals surface area (Å²) in [6.45, 7) is 2.91. The molecule has 1 N–H and O–H groups in total. The zero-order valence-corrected chi connectivity index (χ0v) is 14.0. The van der Waals surface area contributed by atoms with Gasteiger partial charge in [-0.3, -0.25) is 9.59 Å². The zero-order valence-electron chi connectivity index (χ0n) is 13.2. The molecule has 1 amide bonds. The average molecular weight is 346 g/mol. The Morgan fingerprint density at radius 3 is 2.38 bits per heavy atom. The van der Waals surface area contributed by atoms with Crippen molar-refractivity contribution in [2.24, 2.45) is 0 Å². The number of ether oxygens (including phenoxy) is 1. The summed E-state index contributed by atoms with van der Waals surface area (Å²) >= 11 is 5.82. The molecule has 2 rings (SSSR count). The van der Waals surface area contributed by atoms with Crippen LogP contribution in [-0.4, -0.2) is 23.8 Å². The van der Waals surface area contributed by atoms with Crippen LogP contribution in [0.5, 0.6) is 0 Å². The molecule has 5 nitrogen and oxygen atoms in total. The van der Waals surface area contributed by atoms with Crippen molar-refractivity contribution >= 4 is 34.9 Å². The van der Waals surface area contributed by atoms with Crippen LogP contribution < -0.4 is 5.32 Å². The molecule has 0 saturated carbocycles. The van der Waals surface area contributed by atoms with Gasteiger partial charge in [-0.25, -0.2) is 4.79 Å². The molecule has 24 heavy (non-hydrogen) atoms. The number of ketones is 1. The molecule has 0 spiro atoms. The Bertz CT molecular complexity index is 788. The van der Waals surface area contributed by atoms with E-state index in [0.29, 0.717) is 16.3 Å². The van der Waals surface area contributed by atoms with Crippen LogP contribution in [0.4, 0.5) is 5.69 Å². The molecule has 0 saturated heterocycles. The molecule has 124 valence electrons. The maximum Gasteiger partial charge on any atom is 0.338 e. The number of halogens is 1. The molecule has 2 aromatic carbocycles. The predicted octanol–water partition coefficient (Wildman–Crippen LogP) is 3.73. The highest BCUT2D eigenvalue weighted by Crippen LogP contribution is 2.14. The highest BCUT2D eigenvalue weighted by molar-refractivity contribution is 6.30. The Morgan fingerprint density at radius 1 is 1.04 bits per heavy atom. The molecule has 0 aliphatic heterocycles. The van der Waals surface area contributed by atoms with E-state index in [9.17, 15) is 14.4 Å². The number of anilines is 1. The van der Waals surface area contributed by atoms with Crippen LogP contribution in [0.3, 0.4) is 0 Å². The van der Waals surface area contributed by atoms with Crippen LogP contribution in [0.1, 0.15) is 34.6 Å². The molecule has 0 fully saturated rings. The van der Waals surface area contributed by atoms with Crippen LogP contribution in [0.15, 0.2) is 48.5 Å². The second-order valence-corrected chi connectivity index (χ2v) is 5.62. The highest BCUT2D eigenvalue weighted by atomic mass is 35.5. The number of hydrogen-bond donors (Lipinski definition) is 1. The average Bonchev–Trinajstić information content (AvgIpc) is 2.54. The van der Waals surface area contributed by atoms with Crippen LogP contribution in [-0.2, 0) is 9.53 Å². The molecule has 0 aliphatic carbocycles. The lowest BCUT2D eigenvalue weighted by Crippen LogP contribution is -2.30. The molecule has 0 radical (unpaired) electrons. The second kappa shape index (κ2) is 7.75. The second-order valence-electron chi connectivity index (χ2n) is 5.18. The molecular formula is C18H16ClNO4. The minimum absolute atomic E-state index is 0.105. The van der Waals surface area contributed by atoms with Crippen molar-refractivity contribution in [2.75, 3.05) is 5.32 Å². The van der Waals surface area contributed by atoms with Crippen molar-refractivity contribution in [1.82, 2.24) is 0 Å². The number of benzene rings is 2. The summed E-state index contributed by atoms with van der Waals surface area (Å²) in [6, 6.07) is 12.8. The van der Waals surface area contributed by atoms with E-state index in [0.717, 1.165) is 0 Å². The van der Waals surface area contributed by atoms with E-state index < -0.39 is 18.0 Å². The van der Waals surface area contributed by atoms with Crippen molar-refractivity contribution in [3.63, 3.8) is 0 Å². The number of hydrogen-bond acceptors (Lipinski definition) is 4. The van der Waals surface area contributed by atoms with Gasteiger partial charge in [0, 0.05) is 16.3 Å². The van der Waals surface area contributed by atoms with Gasteiger partial charge in [-0.05, 0) is 44.2 Å². The highest BCUT2D eigenvalue weighted by Gasteiger charge is 2.19. The number of rotatable bonds is 5. The smallest absolute Gasteiger partial charge is 0.338 e. The molecule has 0 bridgehead atoms. The van der Waals surface area contributed by atoms with Gasteiger partial charge in [0.2, 0.25) is 0 Å². The summed E-state index contributed by atoms with van der Waals surface area (Å²) in [5, 5.41) is 3.02. The van der Waals surface area contributed by atoms with Crippen molar-refractivity contribution in [3.8, 4) is 0 Å². The summed E-state index contributed by atoms with van der Waals surface area (Å²) in [4.78, 5) is 35.5. The first-order valence-electron chi connectivity index (χ1n) is 7.25. The topological polar surface area (TPSA) is 72.5 Å². The number of Topliss-reactive ketones (excluding diaryl/α,β-unsaturated/α-hetero) is 1. The van der Waals surface area contributed by atoms with Crippen LogP contribution in [0, 0.1) is 0 Å². The third-order valence-electron chi connectivity index (χ3n) is 3.25. The molecule has 0 heterocycles. The summed E-state index contributed by atoms with van der Waals surface area (Å²) in [7, 11) is 0. The van der Waals surface area contributed by atoms with E-state index >= 15 is 0 Å². The van der Waals surface area contributed by atoms with E-state index in [4.69, 9.17) is 16.3 Å². The number of carbonyl (C=O) groups is 3. The summed E-state index contributed by atoms with van der Waals surface area (Å²) in [6.07, 6.45) is -1.00. The van der Waals surface area contributed by atoms with E-state index in [-0.39, 0.29) is 11.3 Å². The third kappa shape index (κ3) is 4.67. The lowest BCUT2D eigenvalue weighted by Gasteiger charge is -2.14. The Labute approximate surface area is 144 Å². The van der Waals surface area contributed by atoms with Gasteiger partial charge in [0.15, 0.2) is 11.9 Å². The Balaban J connectivity index is 2.01. The first-order chi connectivity index (χ1) is 11.4. The Morgan fingerprint density at radius 2 is 1.71 bits per heavy atom. The standard InChI is InChI=1S/C18H16ClNO4/c1-11(21)13-5-4-8-16(10-13)20-17(22)12(2)24-18(23)14-6-3-7-15(19)9-14/h3-10,12H,1-2H3,(H,20,22)/t12-/m1/s1. The van der Waals surface area contributed by atoms with Gasteiger partial charge in [-0.1, -0.05) is 29.8 Å². The van der Waals surface area contributed by atoms with Gasteiger partial charge in [0.05, 0.1) is 5.56 Å². The van der Waals surface area contributed by atoms with Crippen LogP contribution in [0.2, 0.25) is 5.02 Å². The monoisotopic (exact) mass is 345 g/mol. The summed E-state index contributed by atoms with van der Waals surface area (Å²) < 4.78 is 5.13. The fourth-order valence-electron chi connectivity index (χ4n) is 1.96. The number of esters is 1. The fraction of sp³-hybridized carbons (Fsp3) is 0.167. The van der Waals surface area contributed by atoms with Crippen molar-refractivity contribution in [3.05, 3.63) is 64.7 Å². The molecule has 1 atom stereocenters. The number of nitrogens with one attached hydrogen (secondary N) is 1. The van der Waals surface area contributed by atoms with Gasteiger partial charge in [0.1, 0.15) is 0 Å². The lowest BCUT2D eigenvalue weighted by atomic mass is 10.1. The molecule has 6 heteroatoms. The van der Waals surface area contributed by atoms with Crippen molar-refractivity contribution in [1.29, 1.82) is 0 Å². The van der Waals surface area contributed by atoms with E-state index in [2.05, 4.69) is 5.32 Å². The van der Waals surface area contributed by atoms with Crippen molar-refractivity contribution < 1.29 is 19.1 Å². The SMILES string of the molecule is CC(=O)c1cccc(NC(=O)[C@@H](C)OC(=O)c2cccc(Cl)c2)c1. The number of amides is 1. The Kier molecular flexibility index (Phi) is 5.71. The van der Waals surface area contributed by atoms with Crippen LogP contribution in [0.25, 0.3) is 0 Å². The van der Waals surface area contributed by atoms with Gasteiger partial charge >= 0.3 is 5.97 Å². The van der Waals surface area contributed by atoms with Gasteiger partial charge in [0.25, 0.3) is 5.91 Å². The maximum atomic E-state index is 12.1. The minimum atomic E-state index is -1.00.